The first-order valence-corrected chi connectivity index (χ1v) is 9.78. The minimum absolute atomic E-state index is 0. The van der Waals surface area contributed by atoms with E-state index in [2.05, 4.69) is 27.6 Å². The molecule has 160 valence electrons. The number of hydrogen-bond donors (Lipinski definition) is 2. The fraction of sp³-hybridized carbons (Fsp3) is 0.944. The number of hydrogen-bond acceptors (Lipinski definition) is 3. The zero-order valence-electron chi connectivity index (χ0n) is 16.5. The summed E-state index contributed by atoms with van der Waals surface area (Å²) < 4.78 is 37.3. The fourth-order valence-electron chi connectivity index (χ4n) is 3.98. The molecule has 1 unspecified atom stereocenters. The van der Waals surface area contributed by atoms with Gasteiger partial charge in [-0.3, -0.25) is 9.89 Å². The Morgan fingerprint density at radius 3 is 2.37 bits per heavy atom. The average Bonchev–Trinajstić information content (AvgIpc) is 2.58. The van der Waals surface area contributed by atoms with E-state index in [1.807, 2.05) is 0 Å². The standard InChI is InChI=1S/C18H34F3N5.HI/c1-22-17(24-12-16-4-3-9-25(2)13-16)23-8-5-15-6-10-26(11-7-15)14-18(19,20)21;/h15-16H,3-14H2,1-2H3,(H2,22,23,24);1H. The summed E-state index contributed by atoms with van der Waals surface area (Å²) in [6.45, 7) is 4.38. The predicted octanol–water partition coefficient (Wildman–Crippen LogP) is 2.78. The van der Waals surface area contributed by atoms with E-state index in [0.29, 0.717) is 24.9 Å². The smallest absolute Gasteiger partial charge is 0.356 e. The number of likely N-dealkylation sites (tertiary alicyclic amines) is 2. The van der Waals surface area contributed by atoms with E-state index >= 15 is 0 Å². The van der Waals surface area contributed by atoms with Gasteiger partial charge in [-0.1, -0.05) is 0 Å². The first-order chi connectivity index (χ1) is 12.4. The van der Waals surface area contributed by atoms with Crippen LogP contribution in [0.3, 0.4) is 0 Å². The number of aliphatic imine (C=N–C) groups is 1. The van der Waals surface area contributed by atoms with E-state index in [-0.39, 0.29) is 24.0 Å². The van der Waals surface area contributed by atoms with Crippen LogP contribution in [0.15, 0.2) is 4.99 Å². The monoisotopic (exact) mass is 505 g/mol. The molecule has 2 heterocycles. The first kappa shape index (κ1) is 24.7. The second-order valence-corrected chi connectivity index (χ2v) is 7.77. The molecule has 0 aliphatic carbocycles. The van der Waals surface area contributed by atoms with E-state index in [0.717, 1.165) is 44.9 Å². The number of halogens is 4. The van der Waals surface area contributed by atoms with Crippen LogP contribution >= 0.6 is 24.0 Å². The Bertz CT molecular complexity index is 439. The van der Waals surface area contributed by atoms with Crippen LogP contribution in [0.5, 0.6) is 0 Å². The predicted molar refractivity (Wildman–Crippen MR) is 115 cm³/mol. The summed E-state index contributed by atoms with van der Waals surface area (Å²) in [5.41, 5.74) is 0. The normalized spacial score (nSPS) is 23.7. The van der Waals surface area contributed by atoms with Gasteiger partial charge in [-0.25, -0.2) is 0 Å². The number of guanidine groups is 1. The Morgan fingerprint density at radius 2 is 1.78 bits per heavy atom. The molecule has 0 amide bonds. The summed E-state index contributed by atoms with van der Waals surface area (Å²) in [7, 11) is 3.94. The highest BCUT2D eigenvalue weighted by atomic mass is 127. The van der Waals surface area contributed by atoms with Crippen LogP contribution < -0.4 is 10.6 Å². The Hall–Kier alpha value is -0.290. The van der Waals surface area contributed by atoms with Gasteiger partial charge in [0.25, 0.3) is 0 Å². The molecule has 0 radical (unpaired) electrons. The summed E-state index contributed by atoms with van der Waals surface area (Å²) in [4.78, 5) is 8.17. The van der Waals surface area contributed by atoms with Gasteiger partial charge in [-0.15, -0.1) is 24.0 Å². The zero-order valence-corrected chi connectivity index (χ0v) is 18.9. The number of alkyl halides is 3. The highest BCUT2D eigenvalue weighted by Gasteiger charge is 2.32. The first-order valence-electron chi connectivity index (χ1n) is 9.78. The Morgan fingerprint density at radius 1 is 1.07 bits per heavy atom. The molecule has 0 aromatic heterocycles. The molecule has 0 bridgehead atoms. The summed E-state index contributed by atoms with van der Waals surface area (Å²) in [6.07, 6.45) is 1.09. The summed E-state index contributed by atoms with van der Waals surface area (Å²) in [5, 5.41) is 6.76. The maximum atomic E-state index is 12.4. The number of piperidine rings is 2. The fourth-order valence-corrected chi connectivity index (χ4v) is 3.98. The van der Waals surface area contributed by atoms with Crippen LogP contribution in [0.1, 0.15) is 32.1 Å². The van der Waals surface area contributed by atoms with Gasteiger partial charge in [-0.05, 0) is 70.6 Å². The van der Waals surface area contributed by atoms with Crippen molar-refractivity contribution in [2.75, 3.05) is 59.9 Å². The molecule has 5 nitrogen and oxygen atoms in total. The number of nitrogens with zero attached hydrogens (tertiary/aromatic N) is 3. The van der Waals surface area contributed by atoms with Gasteiger partial charge >= 0.3 is 6.18 Å². The van der Waals surface area contributed by atoms with Crippen molar-refractivity contribution < 1.29 is 13.2 Å². The number of nitrogens with one attached hydrogen (secondary N) is 2. The Kier molecular flexibility index (Phi) is 11.3. The molecule has 1 atom stereocenters. The van der Waals surface area contributed by atoms with Crippen molar-refractivity contribution in [3.63, 3.8) is 0 Å². The summed E-state index contributed by atoms with van der Waals surface area (Å²) >= 11 is 0. The van der Waals surface area contributed by atoms with Crippen LogP contribution in [0.25, 0.3) is 0 Å². The third kappa shape index (κ3) is 10.2. The summed E-state index contributed by atoms with van der Waals surface area (Å²) in [5.74, 6) is 1.98. The van der Waals surface area contributed by atoms with Crippen LogP contribution in [0, 0.1) is 11.8 Å². The highest BCUT2D eigenvalue weighted by molar-refractivity contribution is 14.0. The Labute approximate surface area is 178 Å². The summed E-state index contributed by atoms with van der Waals surface area (Å²) in [6, 6.07) is 0. The zero-order chi connectivity index (χ0) is 19.0. The quantitative estimate of drug-likeness (QED) is 0.331. The van der Waals surface area contributed by atoms with Crippen molar-refractivity contribution in [3.8, 4) is 0 Å². The maximum absolute atomic E-state index is 12.4. The van der Waals surface area contributed by atoms with Crippen molar-refractivity contribution in [2.24, 2.45) is 16.8 Å². The molecule has 27 heavy (non-hydrogen) atoms. The highest BCUT2D eigenvalue weighted by Crippen LogP contribution is 2.24. The van der Waals surface area contributed by atoms with E-state index in [1.165, 1.54) is 24.3 Å². The van der Waals surface area contributed by atoms with Gasteiger partial charge in [0.2, 0.25) is 0 Å². The van der Waals surface area contributed by atoms with Crippen LogP contribution in [0.4, 0.5) is 13.2 Å². The van der Waals surface area contributed by atoms with E-state index < -0.39 is 12.7 Å². The molecule has 0 aromatic carbocycles. The van der Waals surface area contributed by atoms with Gasteiger partial charge in [0.15, 0.2) is 5.96 Å². The molecule has 2 aliphatic rings. The molecule has 9 heteroatoms. The van der Waals surface area contributed by atoms with Crippen LogP contribution in [-0.4, -0.2) is 81.8 Å². The molecular weight excluding hydrogens is 470 g/mol. The molecule has 2 saturated heterocycles. The second-order valence-electron chi connectivity index (χ2n) is 7.77. The van der Waals surface area contributed by atoms with Crippen molar-refractivity contribution in [1.29, 1.82) is 0 Å². The molecule has 0 aromatic rings. The lowest BCUT2D eigenvalue weighted by Crippen LogP contribution is -2.44. The third-order valence-corrected chi connectivity index (χ3v) is 5.46. The average molecular weight is 505 g/mol. The lowest BCUT2D eigenvalue weighted by atomic mass is 9.93. The maximum Gasteiger partial charge on any atom is 0.401 e. The Balaban J connectivity index is 0.00000364. The van der Waals surface area contributed by atoms with E-state index in [4.69, 9.17) is 0 Å². The lowest BCUT2D eigenvalue weighted by molar-refractivity contribution is -0.148. The lowest BCUT2D eigenvalue weighted by Gasteiger charge is -2.32. The van der Waals surface area contributed by atoms with Gasteiger partial charge in [0.1, 0.15) is 0 Å². The van der Waals surface area contributed by atoms with Crippen LogP contribution in [0.2, 0.25) is 0 Å². The topological polar surface area (TPSA) is 42.9 Å². The second kappa shape index (κ2) is 12.3. The van der Waals surface area contributed by atoms with Crippen molar-refractivity contribution >= 4 is 29.9 Å². The SMILES string of the molecule is CN=C(NCCC1CCN(CC(F)(F)F)CC1)NCC1CCCN(C)C1.I. The van der Waals surface area contributed by atoms with Gasteiger partial charge in [0, 0.05) is 26.7 Å². The van der Waals surface area contributed by atoms with Crippen molar-refractivity contribution in [1.82, 2.24) is 20.4 Å². The molecule has 0 saturated carbocycles. The number of rotatable bonds is 6. The molecule has 2 rings (SSSR count). The molecule has 2 fully saturated rings. The third-order valence-electron chi connectivity index (χ3n) is 5.46. The molecule has 0 spiro atoms. The van der Waals surface area contributed by atoms with Gasteiger partial charge in [0.05, 0.1) is 6.54 Å². The largest absolute Gasteiger partial charge is 0.401 e. The van der Waals surface area contributed by atoms with Gasteiger partial charge in [-0.2, -0.15) is 13.2 Å². The van der Waals surface area contributed by atoms with Gasteiger partial charge < -0.3 is 15.5 Å². The molecule has 2 aliphatic heterocycles. The van der Waals surface area contributed by atoms with Crippen molar-refractivity contribution in [3.05, 3.63) is 0 Å². The minimum Gasteiger partial charge on any atom is -0.356 e. The van der Waals surface area contributed by atoms with E-state index in [9.17, 15) is 13.2 Å². The molecule has 2 N–H and O–H groups in total. The van der Waals surface area contributed by atoms with E-state index in [1.54, 1.807) is 7.05 Å². The van der Waals surface area contributed by atoms with Crippen molar-refractivity contribution in [2.45, 2.75) is 38.3 Å². The minimum atomic E-state index is -4.08. The van der Waals surface area contributed by atoms with Crippen LogP contribution in [-0.2, 0) is 0 Å². The molecular formula is C18H35F3IN5.